The lowest BCUT2D eigenvalue weighted by molar-refractivity contribution is -0.144. The molecule has 1 aromatic heterocycles. The molecule has 1 unspecified atom stereocenters. The van der Waals surface area contributed by atoms with Crippen LogP contribution >= 0.6 is 0 Å². The van der Waals surface area contributed by atoms with Gasteiger partial charge in [0.05, 0.1) is 24.5 Å². The third-order valence-corrected chi connectivity index (χ3v) is 1.92. The van der Waals surface area contributed by atoms with Crippen molar-refractivity contribution in [1.29, 1.82) is 0 Å². The lowest BCUT2D eigenvalue weighted by Crippen LogP contribution is -2.21. The quantitative estimate of drug-likeness (QED) is 0.848. The van der Waals surface area contributed by atoms with E-state index >= 15 is 0 Å². The predicted octanol–water partition coefficient (Wildman–Crippen LogP) is 1.69. The molecule has 0 aliphatic heterocycles. The van der Waals surface area contributed by atoms with Gasteiger partial charge in [-0.2, -0.15) is 18.3 Å². The Morgan fingerprint density at radius 3 is 2.67 bits per heavy atom. The summed E-state index contributed by atoms with van der Waals surface area (Å²) in [6.45, 7) is 1.72. The molecule has 1 rings (SSSR count). The Bertz CT molecular complexity index is 334. The molecule has 1 aromatic rings. The average Bonchev–Trinajstić information content (AvgIpc) is 2.46. The Morgan fingerprint density at radius 1 is 1.60 bits per heavy atom. The fourth-order valence-electron chi connectivity index (χ4n) is 1.32. The number of nitrogens with zero attached hydrogens (tertiary/aromatic N) is 2. The standard InChI is InChI=1S/C8H12F3N3O/c1-5(4-15-2)14-7(8(9,10)11)6(12)3-13-14/h3,5H,4,12H2,1-2H3. The topological polar surface area (TPSA) is 53.1 Å². The number of nitrogen functional groups attached to an aromatic ring is 1. The monoisotopic (exact) mass is 223 g/mol. The molecular weight excluding hydrogens is 211 g/mol. The van der Waals surface area contributed by atoms with Gasteiger partial charge in [0.25, 0.3) is 0 Å². The predicted molar refractivity (Wildman–Crippen MR) is 48.2 cm³/mol. The van der Waals surface area contributed by atoms with Gasteiger partial charge in [0.15, 0.2) is 5.69 Å². The van der Waals surface area contributed by atoms with Gasteiger partial charge in [-0.15, -0.1) is 0 Å². The number of aromatic nitrogens is 2. The second kappa shape index (κ2) is 4.09. The lowest BCUT2D eigenvalue weighted by atomic mass is 10.3. The molecule has 0 aliphatic carbocycles. The van der Waals surface area contributed by atoms with Crippen LogP contribution in [0.15, 0.2) is 6.20 Å². The largest absolute Gasteiger partial charge is 0.435 e. The minimum atomic E-state index is -4.50. The first-order chi connectivity index (χ1) is 6.88. The van der Waals surface area contributed by atoms with Crippen LogP contribution in [0.4, 0.5) is 18.9 Å². The van der Waals surface area contributed by atoms with Crippen LogP contribution < -0.4 is 5.73 Å². The van der Waals surface area contributed by atoms with Gasteiger partial charge >= 0.3 is 6.18 Å². The molecule has 7 heteroatoms. The fraction of sp³-hybridized carbons (Fsp3) is 0.625. The maximum absolute atomic E-state index is 12.6. The Labute approximate surface area is 84.8 Å². The SMILES string of the molecule is COCC(C)n1ncc(N)c1C(F)(F)F. The van der Waals surface area contributed by atoms with Crippen molar-refractivity contribution in [3.8, 4) is 0 Å². The van der Waals surface area contributed by atoms with Crippen molar-refractivity contribution in [3.63, 3.8) is 0 Å². The van der Waals surface area contributed by atoms with E-state index in [9.17, 15) is 13.2 Å². The summed E-state index contributed by atoms with van der Waals surface area (Å²) in [5.74, 6) is 0. The summed E-state index contributed by atoms with van der Waals surface area (Å²) >= 11 is 0. The number of halogens is 3. The van der Waals surface area contributed by atoms with Crippen LogP contribution in [0.1, 0.15) is 18.7 Å². The van der Waals surface area contributed by atoms with Gasteiger partial charge in [0, 0.05) is 7.11 Å². The smallest absolute Gasteiger partial charge is 0.396 e. The number of hydrogen-bond acceptors (Lipinski definition) is 3. The highest BCUT2D eigenvalue weighted by Crippen LogP contribution is 2.34. The van der Waals surface area contributed by atoms with Gasteiger partial charge in [-0.3, -0.25) is 4.68 Å². The summed E-state index contributed by atoms with van der Waals surface area (Å²) in [5, 5.41) is 3.59. The Balaban J connectivity index is 3.09. The highest BCUT2D eigenvalue weighted by molar-refractivity contribution is 5.42. The highest BCUT2D eigenvalue weighted by atomic mass is 19.4. The minimum absolute atomic E-state index is 0.143. The van der Waals surface area contributed by atoms with E-state index in [4.69, 9.17) is 10.5 Å². The summed E-state index contributed by atoms with van der Waals surface area (Å²) in [4.78, 5) is 0. The van der Waals surface area contributed by atoms with Crippen molar-refractivity contribution >= 4 is 5.69 Å². The molecule has 0 aromatic carbocycles. The molecule has 0 fully saturated rings. The van der Waals surface area contributed by atoms with Crippen molar-refractivity contribution in [2.75, 3.05) is 19.5 Å². The number of rotatable bonds is 3. The van der Waals surface area contributed by atoms with Gasteiger partial charge in [-0.05, 0) is 6.92 Å². The normalized spacial score (nSPS) is 14.2. The number of anilines is 1. The van der Waals surface area contributed by atoms with Gasteiger partial charge in [-0.25, -0.2) is 0 Å². The van der Waals surface area contributed by atoms with E-state index in [0.717, 1.165) is 10.9 Å². The van der Waals surface area contributed by atoms with E-state index in [1.807, 2.05) is 0 Å². The van der Waals surface area contributed by atoms with Crippen LogP contribution in [0.3, 0.4) is 0 Å². The third-order valence-electron chi connectivity index (χ3n) is 1.92. The molecule has 0 radical (unpaired) electrons. The molecule has 0 saturated carbocycles. The third kappa shape index (κ3) is 2.41. The molecule has 86 valence electrons. The van der Waals surface area contributed by atoms with E-state index in [2.05, 4.69) is 5.10 Å². The van der Waals surface area contributed by atoms with Crippen LogP contribution in [0, 0.1) is 0 Å². The zero-order valence-electron chi connectivity index (χ0n) is 8.38. The number of ether oxygens (including phenoxy) is 1. The van der Waals surface area contributed by atoms with Crippen molar-refractivity contribution in [2.45, 2.75) is 19.1 Å². The van der Waals surface area contributed by atoms with Crippen LogP contribution in [-0.4, -0.2) is 23.5 Å². The summed E-state index contributed by atoms with van der Waals surface area (Å²) < 4.78 is 43.3. The summed E-state index contributed by atoms with van der Waals surface area (Å²) in [5.41, 5.74) is 3.92. The first-order valence-electron chi connectivity index (χ1n) is 4.27. The average molecular weight is 223 g/mol. The number of alkyl halides is 3. The maximum atomic E-state index is 12.6. The zero-order valence-corrected chi connectivity index (χ0v) is 8.38. The first kappa shape index (κ1) is 11.8. The number of methoxy groups -OCH3 is 1. The lowest BCUT2D eigenvalue weighted by Gasteiger charge is -2.16. The van der Waals surface area contributed by atoms with Crippen molar-refractivity contribution in [2.24, 2.45) is 0 Å². The molecule has 1 atom stereocenters. The second-order valence-electron chi connectivity index (χ2n) is 3.20. The molecule has 0 aliphatic rings. The summed E-state index contributed by atoms with van der Waals surface area (Å²) in [6.07, 6.45) is -3.50. The minimum Gasteiger partial charge on any atom is -0.396 e. The van der Waals surface area contributed by atoms with E-state index in [1.54, 1.807) is 6.92 Å². The maximum Gasteiger partial charge on any atom is 0.435 e. The molecule has 15 heavy (non-hydrogen) atoms. The number of hydrogen-bond donors (Lipinski definition) is 1. The summed E-state index contributed by atoms with van der Waals surface area (Å²) in [7, 11) is 1.41. The van der Waals surface area contributed by atoms with Crippen LogP contribution in [0.25, 0.3) is 0 Å². The molecule has 0 spiro atoms. The molecule has 1 heterocycles. The molecule has 0 bridgehead atoms. The van der Waals surface area contributed by atoms with E-state index in [0.29, 0.717) is 0 Å². The first-order valence-corrected chi connectivity index (χ1v) is 4.27. The van der Waals surface area contributed by atoms with E-state index in [-0.39, 0.29) is 12.3 Å². The fourth-order valence-corrected chi connectivity index (χ4v) is 1.32. The van der Waals surface area contributed by atoms with Crippen LogP contribution in [0.5, 0.6) is 0 Å². The Hall–Kier alpha value is -1.24. The molecule has 4 nitrogen and oxygen atoms in total. The molecular formula is C8H12F3N3O. The second-order valence-corrected chi connectivity index (χ2v) is 3.20. The Morgan fingerprint density at radius 2 is 2.20 bits per heavy atom. The zero-order chi connectivity index (χ0) is 11.6. The molecule has 0 saturated heterocycles. The highest BCUT2D eigenvalue weighted by Gasteiger charge is 2.38. The van der Waals surface area contributed by atoms with Crippen molar-refractivity contribution in [3.05, 3.63) is 11.9 Å². The van der Waals surface area contributed by atoms with Crippen molar-refractivity contribution < 1.29 is 17.9 Å². The van der Waals surface area contributed by atoms with E-state index in [1.165, 1.54) is 7.11 Å². The summed E-state index contributed by atoms with van der Waals surface area (Å²) in [6, 6.07) is -0.510. The van der Waals surface area contributed by atoms with Gasteiger partial charge < -0.3 is 10.5 Å². The molecule has 0 amide bonds. The van der Waals surface area contributed by atoms with Crippen molar-refractivity contribution in [1.82, 2.24) is 9.78 Å². The van der Waals surface area contributed by atoms with Crippen LogP contribution in [-0.2, 0) is 10.9 Å². The van der Waals surface area contributed by atoms with Gasteiger partial charge in [-0.1, -0.05) is 0 Å². The van der Waals surface area contributed by atoms with Crippen LogP contribution in [0.2, 0.25) is 0 Å². The van der Waals surface area contributed by atoms with Gasteiger partial charge in [0.1, 0.15) is 0 Å². The Kier molecular flexibility index (Phi) is 3.23. The number of nitrogens with two attached hydrogens (primary N) is 1. The molecule has 2 N–H and O–H groups in total. The van der Waals surface area contributed by atoms with E-state index < -0.39 is 17.9 Å². The van der Waals surface area contributed by atoms with Gasteiger partial charge in [0.2, 0.25) is 0 Å².